The zero-order valence-electron chi connectivity index (χ0n) is 23.3. The van der Waals surface area contributed by atoms with E-state index in [1.807, 2.05) is 31.2 Å². The summed E-state index contributed by atoms with van der Waals surface area (Å²) in [5.41, 5.74) is 0.992. The van der Waals surface area contributed by atoms with Crippen LogP contribution >= 0.6 is 27.5 Å². The number of hydrogen-bond donors (Lipinski definition) is 1. The number of benzene rings is 3. The van der Waals surface area contributed by atoms with Crippen molar-refractivity contribution >= 4 is 55.1 Å². The first-order chi connectivity index (χ1) is 19.5. The third-order valence-corrected chi connectivity index (χ3v) is 8.81. The quantitative estimate of drug-likeness (QED) is 0.267. The van der Waals surface area contributed by atoms with E-state index < -0.39 is 28.5 Å². The maximum absolute atomic E-state index is 14.0. The lowest BCUT2D eigenvalue weighted by Gasteiger charge is -2.32. The Morgan fingerprint density at radius 1 is 1.00 bits per heavy atom. The molecule has 12 heteroatoms. The fourth-order valence-corrected chi connectivity index (χ4v) is 6.05. The zero-order valence-corrected chi connectivity index (χ0v) is 26.4. The third-order valence-electron chi connectivity index (χ3n) is 6.29. The first kappa shape index (κ1) is 32.2. The van der Waals surface area contributed by atoms with Crippen LogP contribution in [0.5, 0.6) is 11.5 Å². The van der Waals surface area contributed by atoms with Gasteiger partial charge in [-0.25, -0.2) is 8.42 Å². The van der Waals surface area contributed by atoms with Crippen molar-refractivity contribution in [3.8, 4) is 11.5 Å². The Morgan fingerprint density at radius 3 is 2.29 bits per heavy atom. The van der Waals surface area contributed by atoms with Gasteiger partial charge < -0.3 is 19.7 Å². The van der Waals surface area contributed by atoms with E-state index in [0.29, 0.717) is 17.3 Å². The molecular weight excluding hydrogens is 634 g/mol. The Balaban J connectivity index is 2.06. The number of rotatable bonds is 13. The van der Waals surface area contributed by atoms with Gasteiger partial charge in [0.15, 0.2) is 11.5 Å². The van der Waals surface area contributed by atoms with E-state index in [4.69, 9.17) is 21.1 Å². The van der Waals surface area contributed by atoms with Crippen LogP contribution in [0.3, 0.4) is 0 Å². The first-order valence-electron chi connectivity index (χ1n) is 12.8. The summed E-state index contributed by atoms with van der Waals surface area (Å²) in [7, 11) is -1.44. The number of amides is 2. The molecule has 220 valence electrons. The predicted molar refractivity (Wildman–Crippen MR) is 163 cm³/mol. The molecule has 1 N–H and O–H groups in total. The molecule has 0 fully saturated rings. The summed E-state index contributed by atoms with van der Waals surface area (Å²) in [6.07, 6.45) is 0.728. The second-order valence-corrected chi connectivity index (χ2v) is 12.3. The van der Waals surface area contributed by atoms with Gasteiger partial charge in [-0.3, -0.25) is 13.9 Å². The molecule has 3 aromatic rings. The number of methoxy groups -OCH3 is 2. The van der Waals surface area contributed by atoms with Crippen molar-refractivity contribution in [1.29, 1.82) is 0 Å². The SMILES string of the molecule is CCCNC(=O)[C@@H](C)N(Cc1cccc(Br)c1)C(=O)CN(c1ccc(Cl)cc1)S(=O)(=O)c1ccc(OC)c(OC)c1. The number of nitrogens with one attached hydrogen (secondary N) is 1. The summed E-state index contributed by atoms with van der Waals surface area (Å²) in [6, 6.07) is 16.8. The number of halogens is 2. The molecule has 0 aromatic heterocycles. The van der Waals surface area contributed by atoms with Crippen molar-refractivity contribution in [1.82, 2.24) is 10.2 Å². The number of sulfonamides is 1. The number of nitrogens with zero attached hydrogens (tertiary/aromatic N) is 2. The monoisotopic (exact) mass is 665 g/mol. The molecule has 0 heterocycles. The van der Waals surface area contributed by atoms with Gasteiger partial charge in [0.1, 0.15) is 12.6 Å². The second kappa shape index (κ2) is 14.6. The number of ether oxygens (including phenoxy) is 2. The average molecular weight is 667 g/mol. The molecule has 0 bridgehead atoms. The van der Waals surface area contributed by atoms with Crippen molar-refractivity contribution in [2.75, 3.05) is 31.6 Å². The van der Waals surface area contributed by atoms with Crippen LogP contribution in [0.1, 0.15) is 25.8 Å². The van der Waals surface area contributed by atoms with Crippen LogP contribution in [0.2, 0.25) is 5.02 Å². The van der Waals surface area contributed by atoms with E-state index >= 15 is 0 Å². The molecule has 1 atom stereocenters. The highest BCUT2D eigenvalue weighted by Gasteiger charge is 2.33. The lowest BCUT2D eigenvalue weighted by molar-refractivity contribution is -0.139. The van der Waals surface area contributed by atoms with Gasteiger partial charge >= 0.3 is 0 Å². The minimum absolute atomic E-state index is 0.0872. The van der Waals surface area contributed by atoms with Crippen LogP contribution < -0.4 is 19.1 Å². The molecule has 41 heavy (non-hydrogen) atoms. The Labute approximate surface area is 254 Å². The molecule has 0 aliphatic rings. The van der Waals surface area contributed by atoms with Crippen molar-refractivity contribution < 1.29 is 27.5 Å². The highest BCUT2D eigenvalue weighted by molar-refractivity contribution is 9.10. The van der Waals surface area contributed by atoms with Gasteiger partial charge in [0.2, 0.25) is 11.8 Å². The van der Waals surface area contributed by atoms with Crippen LogP contribution in [0.15, 0.2) is 76.1 Å². The van der Waals surface area contributed by atoms with Crippen LogP contribution in [0, 0.1) is 0 Å². The number of hydrogen-bond acceptors (Lipinski definition) is 6. The molecule has 0 saturated heterocycles. The van der Waals surface area contributed by atoms with E-state index in [1.165, 1.54) is 49.5 Å². The summed E-state index contributed by atoms with van der Waals surface area (Å²) in [4.78, 5) is 28.2. The Kier molecular flexibility index (Phi) is 11.5. The molecule has 0 aliphatic carbocycles. The van der Waals surface area contributed by atoms with E-state index in [9.17, 15) is 18.0 Å². The summed E-state index contributed by atoms with van der Waals surface area (Å²) in [5, 5.41) is 3.22. The molecule has 2 amide bonds. The van der Waals surface area contributed by atoms with E-state index in [0.717, 1.165) is 20.8 Å². The Hall–Kier alpha value is -3.28. The van der Waals surface area contributed by atoms with Crippen molar-refractivity contribution in [3.63, 3.8) is 0 Å². The highest BCUT2D eigenvalue weighted by Crippen LogP contribution is 2.32. The van der Waals surface area contributed by atoms with Gasteiger partial charge in [-0.15, -0.1) is 0 Å². The molecule has 0 spiro atoms. The topological polar surface area (TPSA) is 105 Å². The summed E-state index contributed by atoms with van der Waals surface area (Å²) in [5.74, 6) is -0.333. The summed E-state index contributed by atoms with van der Waals surface area (Å²) >= 11 is 9.52. The van der Waals surface area contributed by atoms with Crippen LogP contribution in [-0.4, -0.2) is 58.5 Å². The van der Waals surface area contributed by atoms with Crippen LogP contribution in [0.4, 0.5) is 5.69 Å². The van der Waals surface area contributed by atoms with Crippen molar-refractivity contribution in [3.05, 3.63) is 81.8 Å². The summed E-state index contributed by atoms with van der Waals surface area (Å²) < 4.78 is 40.4. The largest absolute Gasteiger partial charge is 0.493 e. The maximum atomic E-state index is 14.0. The Bertz CT molecular complexity index is 1470. The molecule has 9 nitrogen and oxygen atoms in total. The van der Waals surface area contributed by atoms with Gasteiger partial charge in [-0.2, -0.15) is 0 Å². The first-order valence-corrected chi connectivity index (χ1v) is 15.4. The predicted octanol–water partition coefficient (Wildman–Crippen LogP) is 5.26. The fourth-order valence-electron chi connectivity index (χ4n) is 4.05. The molecule has 3 aromatic carbocycles. The summed E-state index contributed by atoms with van der Waals surface area (Å²) in [6.45, 7) is 3.52. The highest BCUT2D eigenvalue weighted by atomic mass is 79.9. The molecule has 0 radical (unpaired) electrons. The van der Waals surface area contributed by atoms with Gasteiger partial charge in [-0.05, 0) is 67.4 Å². The average Bonchev–Trinajstić information content (AvgIpc) is 2.97. The van der Waals surface area contributed by atoms with E-state index in [-0.39, 0.29) is 28.8 Å². The molecular formula is C29H33BrClN3O6S. The number of anilines is 1. The van der Waals surface area contributed by atoms with Crippen LogP contribution in [0.25, 0.3) is 0 Å². The van der Waals surface area contributed by atoms with Gasteiger partial charge in [-0.1, -0.05) is 46.6 Å². The van der Waals surface area contributed by atoms with Crippen molar-refractivity contribution in [2.24, 2.45) is 0 Å². The number of carbonyl (C=O) groups excluding carboxylic acids is 2. The number of carbonyl (C=O) groups is 2. The van der Waals surface area contributed by atoms with Gasteiger partial charge in [0, 0.05) is 28.7 Å². The van der Waals surface area contributed by atoms with Gasteiger partial charge in [0.05, 0.1) is 24.8 Å². The lowest BCUT2D eigenvalue weighted by Crippen LogP contribution is -2.51. The molecule has 0 aliphatic heterocycles. The second-order valence-electron chi connectivity index (χ2n) is 9.12. The molecule has 3 rings (SSSR count). The molecule has 0 unspecified atom stereocenters. The third kappa shape index (κ3) is 8.15. The van der Waals surface area contributed by atoms with E-state index in [2.05, 4.69) is 21.2 Å². The van der Waals surface area contributed by atoms with Crippen LogP contribution in [-0.2, 0) is 26.2 Å². The smallest absolute Gasteiger partial charge is 0.264 e. The van der Waals surface area contributed by atoms with Gasteiger partial charge in [0.25, 0.3) is 10.0 Å². The minimum atomic E-state index is -4.29. The Morgan fingerprint density at radius 2 is 1.68 bits per heavy atom. The molecule has 0 saturated carbocycles. The fraction of sp³-hybridized carbons (Fsp3) is 0.310. The maximum Gasteiger partial charge on any atom is 0.264 e. The van der Waals surface area contributed by atoms with Crippen molar-refractivity contribution in [2.45, 2.75) is 37.8 Å². The minimum Gasteiger partial charge on any atom is -0.493 e. The lowest BCUT2D eigenvalue weighted by atomic mass is 10.1. The zero-order chi connectivity index (χ0) is 30.2. The normalized spacial score (nSPS) is 11.9. The standard InChI is InChI=1S/C29H33BrClN3O6S/c1-5-15-32-29(36)20(2)33(18-21-7-6-8-22(30)16-21)28(35)19-34(24-11-9-23(31)10-12-24)41(37,38)25-13-14-26(39-3)27(17-25)40-4/h6-14,16-17,20H,5,15,18-19H2,1-4H3,(H,32,36)/t20-/m1/s1. The van der Waals surface area contributed by atoms with E-state index in [1.54, 1.807) is 19.1 Å².